The van der Waals surface area contributed by atoms with Gasteiger partial charge in [-0.25, -0.2) is 4.79 Å². The number of ketones is 1. The smallest absolute Gasteiger partial charge is 0.342 e. The molecule has 26 heavy (non-hydrogen) atoms. The van der Waals surface area contributed by atoms with E-state index in [9.17, 15) is 19.6 Å². The Morgan fingerprint density at radius 1 is 1.23 bits per heavy atom. The molecule has 1 amide bonds. The number of Topliss-reactive ketones (excluding diaryl/α,β-unsaturated/α-hetero) is 1. The zero-order valence-electron chi connectivity index (χ0n) is 14.1. The van der Waals surface area contributed by atoms with Crippen molar-refractivity contribution in [3.05, 3.63) is 51.7 Å². The maximum Gasteiger partial charge on any atom is 0.342 e. The molecular weight excluding hydrogens is 360 g/mol. The van der Waals surface area contributed by atoms with Gasteiger partial charge >= 0.3 is 5.97 Å². The molecule has 8 heteroatoms. The van der Waals surface area contributed by atoms with Gasteiger partial charge in [-0.05, 0) is 31.2 Å². The molecule has 1 aromatic heterocycles. The van der Waals surface area contributed by atoms with E-state index in [1.807, 2.05) is 6.07 Å². The zero-order chi connectivity index (χ0) is 19.3. The lowest BCUT2D eigenvalue weighted by atomic mass is 10.1. The summed E-state index contributed by atoms with van der Waals surface area (Å²) in [5.41, 5.74) is 0.288. The number of hydrogen-bond donors (Lipinski definition) is 1. The summed E-state index contributed by atoms with van der Waals surface area (Å²) in [4.78, 5) is 35.8. The van der Waals surface area contributed by atoms with E-state index in [4.69, 9.17) is 16.0 Å². The van der Waals surface area contributed by atoms with Gasteiger partial charge in [0.1, 0.15) is 23.0 Å². The fraction of sp³-hybridized carbons (Fsp3) is 0.222. The number of nitrogens with one attached hydrogen (secondary N) is 1. The Labute approximate surface area is 154 Å². The number of aryl methyl sites for hydroxylation is 1. The van der Waals surface area contributed by atoms with Crippen LogP contribution in [0.2, 0.25) is 5.02 Å². The standard InChI is InChI=1S/C18H15ClN2O5/c1-10-16(18(24)25-2)13(9-20)17(26-10)21-15(23)8-7-14(22)11-3-5-12(19)6-4-11/h3-6H,7-8H2,1-2H3,(H,21,23). The Balaban J connectivity index is 2.04. The lowest BCUT2D eigenvalue weighted by molar-refractivity contribution is -0.116. The molecule has 134 valence electrons. The predicted molar refractivity (Wildman–Crippen MR) is 93.1 cm³/mol. The van der Waals surface area contributed by atoms with Crippen molar-refractivity contribution in [2.45, 2.75) is 19.8 Å². The van der Waals surface area contributed by atoms with Crippen molar-refractivity contribution in [2.75, 3.05) is 12.4 Å². The van der Waals surface area contributed by atoms with Gasteiger partial charge in [-0.3, -0.25) is 14.9 Å². The first kappa shape index (κ1) is 19.2. The number of rotatable bonds is 6. The molecule has 1 heterocycles. The first-order valence-electron chi connectivity index (χ1n) is 7.57. The fourth-order valence-electron chi connectivity index (χ4n) is 2.28. The van der Waals surface area contributed by atoms with Gasteiger partial charge < -0.3 is 9.15 Å². The number of methoxy groups -OCH3 is 1. The SMILES string of the molecule is COC(=O)c1c(C)oc(NC(=O)CCC(=O)c2ccc(Cl)cc2)c1C#N. The monoisotopic (exact) mass is 374 g/mol. The van der Waals surface area contributed by atoms with Gasteiger partial charge in [0.15, 0.2) is 5.78 Å². The summed E-state index contributed by atoms with van der Waals surface area (Å²) in [5.74, 6) is -1.46. The molecule has 1 N–H and O–H groups in total. The first-order chi connectivity index (χ1) is 12.4. The third-order valence-electron chi connectivity index (χ3n) is 3.58. The number of ether oxygens (including phenoxy) is 1. The number of benzene rings is 1. The largest absolute Gasteiger partial charge is 0.465 e. The number of amides is 1. The number of nitrogens with zero attached hydrogens (tertiary/aromatic N) is 1. The van der Waals surface area contributed by atoms with E-state index in [0.717, 1.165) is 0 Å². The van der Waals surface area contributed by atoms with Gasteiger partial charge in [-0.1, -0.05) is 11.6 Å². The molecule has 0 aliphatic carbocycles. The number of halogens is 1. The Bertz CT molecular complexity index is 894. The van der Waals surface area contributed by atoms with Crippen LogP contribution in [0, 0.1) is 18.3 Å². The van der Waals surface area contributed by atoms with Crippen LogP contribution in [0.4, 0.5) is 5.88 Å². The summed E-state index contributed by atoms with van der Waals surface area (Å²) in [6.45, 7) is 1.48. The molecule has 0 saturated heterocycles. The summed E-state index contributed by atoms with van der Waals surface area (Å²) < 4.78 is 9.88. The van der Waals surface area contributed by atoms with Gasteiger partial charge in [0.05, 0.1) is 7.11 Å². The highest BCUT2D eigenvalue weighted by atomic mass is 35.5. The molecule has 2 rings (SSSR count). The van der Waals surface area contributed by atoms with Gasteiger partial charge in [-0.15, -0.1) is 0 Å². The van der Waals surface area contributed by atoms with Crippen LogP contribution in [-0.2, 0) is 9.53 Å². The highest BCUT2D eigenvalue weighted by Crippen LogP contribution is 2.27. The van der Waals surface area contributed by atoms with Crippen molar-refractivity contribution in [3.63, 3.8) is 0 Å². The van der Waals surface area contributed by atoms with E-state index in [2.05, 4.69) is 10.1 Å². The van der Waals surface area contributed by atoms with E-state index in [1.54, 1.807) is 24.3 Å². The quantitative estimate of drug-likeness (QED) is 0.612. The number of nitriles is 1. The van der Waals surface area contributed by atoms with Crippen molar-refractivity contribution in [1.29, 1.82) is 5.26 Å². The Morgan fingerprint density at radius 3 is 2.46 bits per heavy atom. The molecular formula is C18H15ClN2O5. The number of hydrogen-bond acceptors (Lipinski definition) is 6. The third-order valence-corrected chi connectivity index (χ3v) is 3.84. The highest BCUT2D eigenvalue weighted by molar-refractivity contribution is 6.30. The van der Waals surface area contributed by atoms with Crippen LogP contribution in [0.3, 0.4) is 0 Å². The van der Waals surface area contributed by atoms with E-state index in [0.29, 0.717) is 10.6 Å². The van der Waals surface area contributed by atoms with E-state index >= 15 is 0 Å². The zero-order valence-corrected chi connectivity index (χ0v) is 14.8. The molecule has 0 radical (unpaired) electrons. The van der Waals surface area contributed by atoms with E-state index in [1.165, 1.54) is 14.0 Å². The Morgan fingerprint density at radius 2 is 1.88 bits per heavy atom. The molecule has 1 aromatic carbocycles. The van der Waals surface area contributed by atoms with Crippen molar-refractivity contribution in [2.24, 2.45) is 0 Å². The summed E-state index contributed by atoms with van der Waals surface area (Å²) in [7, 11) is 1.18. The van der Waals surface area contributed by atoms with Crippen molar-refractivity contribution < 1.29 is 23.5 Å². The number of carbonyl (C=O) groups is 3. The van der Waals surface area contributed by atoms with Crippen LogP contribution in [0.25, 0.3) is 0 Å². The molecule has 0 aliphatic rings. The minimum absolute atomic E-state index is 0.0289. The van der Waals surface area contributed by atoms with Crippen LogP contribution in [0.15, 0.2) is 28.7 Å². The van der Waals surface area contributed by atoms with Gasteiger partial charge in [0.2, 0.25) is 11.8 Å². The second-order valence-corrected chi connectivity index (χ2v) is 5.76. The van der Waals surface area contributed by atoms with E-state index < -0.39 is 11.9 Å². The molecule has 0 unspecified atom stereocenters. The summed E-state index contributed by atoms with van der Waals surface area (Å²) in [6.07, 6.45) is -0.140. The second kappa shape index (κ2) is 8.32. The molecule has 0 fully saturated rings. The molecule has 0 saturated carbocycles. The second-order valence-electron chi connectivity index (χ2n) is 5.32. The summed E-state index contributed by atoms with van der Waals surface area (Å²) >= 11 is 5.77. The van der Waals surface area contributed by atoms with Crippen LogP contribution in [0.5, 0.6) is 0 Å². The topological polar surface area (TPSA) is 109 Å². The molecule has 0 bridgehead atoms. The minimum Gasteiger partial charge on any atom is -0.465 e. The predicted octanol–water partition coefficient (Wildman–Crippen LogP) is 3.50. The molecule has 0 aliphatic heterocycles. The van der Waals surface area contributed by atoms with Crippen molar-refractivity contribution in [1.82, 2.24) is 0 Å². The number of carbonyl (C=O) groups excluding carboxylic acids is 3. The summed E-state index contributed by atoms with van der Waals surface area (Å²) in [6, 6.07) is 8.15. The number of anilines is 1. The lowest BCUT2D eigenvalue weighted by Crippen LogP contribution is -2.14. The normalized spacial score (nSPS) is 10.1. The average molecular weight is 375 g/mol. The van der Waals surface area contributed by atoms with Gasteiger partial charge in [-0.2, -0.15) is 5.26 Å². The fourth-order valence-corrected chi connectivity index (χ4v) is 2.41. The van der Waals surface area contributed by atoms with Gasteiger partial charge in [0.25, 0.3) is 0 Å². The molecule has 0 atom stereocenters. The average Bonchev–Trinajstić information content (AvgIpc) is 2.94. The van der Waals surface area contributed by atoms with Gasteiger partial charge in [0, 0.05) is 23.4 Å². The first-order valence-corrected chi connectivity index (χ1v) is 7.95. The highest BCUT2D eigenvalue weighted by Gasteiger charge is 2.25. The molecule has 0 spiro atoms. The maximum absolute atomic E-state index is 12.1. The van der Waals surface area contributed by atoms with Crippen LogP contribution in [-0.4, -0.2) is 24.8 Å². The van der Waals surface area contributed by atoms with Crippen LogP contribution in [0.1, 0.15) is 44.9 Å². The van der Waals surface area contributed by atoms with E-state index in [-0.39, 0.29) is 41.4 Å². The lowest BCUT2D eigenvalue weighted by Gasteiger charge is -2.03. The van der Waals surface area contributed by atoms with Crippen LogP contribution >= 0.6 is 11.6 Å². The Hall–Kier alpha value is -3.11. The Kier molecular flexibility index (Phi) is 6.15. The van der Waals surface area contributed by atoms with Crippen molar-refractivity contribution >= 4 is 35.1 Å². The number of furan rings is 1. The number of esters is 1. The van der Waals surface area contributed by atoms with Crippen molar-refractivity contribution in [3.8, 4) is 6.07 Å². The minimum atomic E-state index is -0.735. The van der Waals surface area contributed by atoms with Crippen LogP contribution < -0.4 is 5.32 Å². The maximum atomic E-state index is 12.1. The molecule has 7 nitrogen and oxygen atoms in total. The summed E-state index contributed by atoms with van der Waals surface area (Å²) in [5, 5.41) is 12.1. The molecule has 2 aromatic rings. The third kappa shape index (κ3) is 4.29.